The van der Waals surface area contributed by atoms with Gasteiger partial charge >= 0.3 is 0 Å². The van der Waals surface area contributed by atoms with Gasteiger partial charge in [-0.15, -0.1) is 0 Å². The Morgan fingerprint density at radius 3 is 2.48 bits per heavy atom. The van der Waals surface area contributed by atoms with E-state index in [9.17, 15) is 9.50 Å². The summed E-state index contributed by atoms with van der Waals surface area (Å²) in [5, 5.41) is 12.9. The zero-order valence-corrected chi connectivity index (χ0v) is 17.2. The zero-order chi connectivity index (χ0) is 20.5. The summed E-state index contributed by atoms with van der Waals surface area (Å²) in [7, 11) is 0. The van der Waals surface area contributed by atoms with Crippen LogP contribution in [0.2, 0.25) is 15.1 Å². The molecule has 0 amide bonds. The first-order valence-electron chi connectivity index (χ1n) is 8.75. The van der Waals surface area contributed by atoms with E-state index >= 15 is 0 Å². The molecule has 0 radical (unpaired) electrons. The molecule has 146 valence electrons. The van der Waals surface area contributed by atoms with Crippen molar-refractivity contribution in [2.75, 3.05) is 0 Å². The van der Waals surface area contributed by atoms with E-state index in [0.29, 0.717) is 26.7 Å². The molecular formula is C22H14Cl3FN2O. The van der Waals surface area contributed by atoms with E-state index in [-0.39, 0.29) is 22.9 Å². The number of hydrogen-bond acceptors (Lipinski definition) is 3. The maximum absolute atomic E-state index is 14.5. The van der Waals surface area contributed by atoms with Gasteiger partial charge in [0.1, 0.15) is 17.1 Å². The average molecular weight is 448 g/mol. The van der Waals surface area contributed by atoms with Gasteiger partial charge < -0.3 is 5.11 Å². The maximum Gasteiger partial charge on any atom is 0.146 e. The average Bonchev–Trinajstić information content (AvgIpc) is 2.69. The molecule has 4 rings (SSSR count). The highest BCUT2D eigenvalue weighted by atomic mass is 35.5. The number of halogens is 4. The lowest BCUT2D eigenvalue weighted by Gasteiger charge is -2.21. The lowest BCUT2D eigenvalue weighted by atomic mass is 9.86. The summed E-state index contributed by atoms with van der Waals surface area (Å²) >= 11 is 18.3. The van der Waals surface area contributed by atoms with Crippen molar-refractivity contribution in [1.82, 2.24) is 9.97 Å². The van der Waals surface area contributed by atoms with Crippen molar-refractivity contribution in [2.45, 2.75) is 12.3 Å². The van der Waals surface area contributed by atoms with Gasteiger partial charge in [-0.05, 0) is 29.8 Å². The van der Waals surface area contributed by atoms with E-state index in [1.807, 2.05) is 12.1 Å². The molecule has 7 heteroatoms. The van der Waals surface area contributed by atoms with Gasteiger partial charge in [-0.25, -0.2) is 4.39 Å². The summed E-state index contributed by atoms with van der Waals surface area (Å²) in [5.74, 6) is -0.978. The van der Waals surface area contributed by atoms with E-state index in [0.717, 1.165) is 5.39 Å². The molecule has 29 heavy (non-hydrogen) atoms. The minimum atomic E-state index is -0.522. The maximum atomic E-state index is 14.5. The van der Waals surface area contributed by atoms with Gasteiger partial charge in [0.25, 0.3) is 0 Å². The number of phenols is 1. The van der Waals surface area contributed by atoms with Crippen LogP contribution in [-0.4, -0.2) is 15.1 Å². The van der Waals surface area contributed by atoms with Crippen LogP contribution in [0, 0.1) is 5.82 Å². The van der Waals surface area contributed by atoms with Crippen LogP contribution in [0.3, 0.4) is 0 Å². The van der Waals surface area contributed by atoms with Gasteiger partial charge in [-0.2, -0.15) is 0 Å². The van der Waals surface area contributed by atoms with E-state index in [1.54, 1.807) is 36.5 Å². The van der Waals surface area contributed by atoms with E-state index in [4.69, 9.17) is 34.8 Å². The van der Waals surface area contributed by atoms with Crippen molar-refractivity contribution in [3.8, 4) is 5.75 Å². The minimum absolute atomic E-state index is 0.0217. The van der Waals surface area contributed by atoms with Gasteiger partial charge in [-0.3, -0.25) is 9.97 Å². The quantitative estimate of drug-likeness (QED) is 0.374. The molecule has 1 atom stereocenters. The smallest absolute Gasteiger partial charge is 0.146 e. The van der Waals surface area contributed by atoms with Crippen LogP contribution < -0.4 is 0 Å². The number of phenolic OH excluding ortho intramolecular Hbond substituents is 1. The van der Waals surface area contributed by atoms with Gasteiger partial charge in [0.05, 0.1) is 10.7 Å². The second kappa shape index (κ2) is 8.15. The first-order valence-corrected chi connectivity index (χ1v) is 9.89. The third kappa shape index (κ3) is 4.01. The summed E-state index contributed by atoms with van der Waals surface area (Å²) in [4.78, 5) is 8.41. The number of aromatic nitrogens is 2. The molecular weight excluding hydrogens is 434 g/mol. The summed E-state index contributed by atoms with van der Waals surface area (Å²) in [5.41, 5.74) is 1.94. The Kier molecular flexibility index (Phi) is 5.59. The number of nitrogens with zero attached hydrogens (tertiary/aromatic N) is 2. The van der Waals surface area contributed by atoms with Crippen LogP contribution in [0.4, 0.5) is 4.39 Å². The Bertz CT molecular complexity index is 1220. The Morgan fingerprint density at radius 1 is 0.931 bits per heavy atom. The van der Waals surface area contributed by atoms with Crippen molar-refractivity contribution >= 4 is 45.7 Å². The Hall–Kier alpha value is -2.40. The first-order chi connectivity index (χ1) is 13.9. The van der Waals surface area contributed by atoms with Gasteiger partial charge in [0.15, 0.2) is 0 Å². The largest absolute Gasteiger partial charge is 0.505 e. The fraction of sp³-hybridized carbons (Fsp3) is 0.0909. The molecule has 0 aliphatic heterocycles. The molecule has 0 spiro atoms. The van der Waals surface area contributed by atoms with Crippen LogP contribution in [-0.2, 0) is 6.42 Å². The van der Waals surface area contributed by atoms with E-state index < -0.39 is 11.7 Å². The fourth-order valence-corrected chi connectivity index (χ4v) is 4.07. The predicted molar refractivity (Wildman–Crippen MR) is 115 cm³/mol. The van der Waals surface area contributed by atoms with E-state index in [2.05, 4.69) is 9.97 Å². The summed E-state index contributed by atoms with van der Waals surface area (Å²) < 4.78 is 14.5. The number of pyridine rings is 2. The molecule has 0 saturated carbocycles. The van der Waals surface area contributed by atoms with Gasteiger partial charge in [0.2, 0.25) is 0 Å². The molecule has 2 aromatic heterocycles. The molecule has 0 fully saturated rings. The third-order valence-electron chi connectivity index (χ3n) is 4.77. The monoisotopic (exact) mass is 446 g/mol. The van der Waals surface area contributed by atoms with Crippen LogP contribution in [0.15, 0.2) is 60.9 Å². The Morgan fingerprint density at radius 2 is 1.72 bits per heavy atom. The summed E-state index contributed by atoms with van der Waals surface area (Å²) in [6, 6.07) is 13.6. The second-order valence-electron chi connectivity index (χ2n) is 6.58. The lowest BCUT2D eigenvalue weighted by Crippen LogP contribution is -2.09. The lowest BCUT2D eigenvalue weighted by molar-refractivity contribution is 0.468. The number of benzene rings is 2. The molecule has 0 aliphatic rings. The Labute approximate surface area is 181 Å². The molecule has 2 aromatic carbocycles. The molecule has 0 aliphatic carbocycles. The van der Waals surface area contributed by atoms with Crippen molar-refractivity contribution in [1.29, 1.82) is 0 Å². The normalized spacial score (nSPS) is 12.3. The SMILES string of the molecule is Oc1c(C(Cc2ncc(Cl)cc2F)c2ccc(Cl)cc2Cl)ccc2cccnc12. The standard InChI is InChI=1S/C22H14Cl3FN2O/c23-13-4-6-15(18(25)8-13)17(10-20-19(26)9-14(24)11-28-20)16-5-3-12-2-1-7-27-21(12)22(16)29/h1-9,11,17,29H,10H2. The minimum Gasteiger partial charge on any atom is -0.505 e. The third-order valence-corrected chi connectivity index (χ3v) is 5.54. The highest BCUT2D eigenvalue weighted by Gasteiger charge is 2.24. The molecule has 2 heterocycles. The van der Waals surface area contributed by atoms with E-state index in [1.165, 1.54) is 12.3 Å². The topological polar surface area (TPSA) is 46.0 Å². The first kappa shape index (κ1) is 19.9. The summed E-state index contributed by atoms with van der Waals surface area (Å²) in [6.07, 6.45) is 3.16. The van der Waals surface area contributed by atoms with Crippen LogP contribution in [0.25, 0.3) is 10.9 Å². The molecule has 1 unspecified atom stereocenters. The fourth-order valence-electron chi connectivity index (χ4n) is 3.38. The number of fused-ring (bicyclic) bond motifs is 1. The summed E-state index contributed by atoms with van der Waals surface area (Å²) in [6.45, 7) is 0. The highest BCUT2D eigenvalue weighted by molar-refractivity contribution is 6.35. The zero-order valence-electron chi connectivity index (χ0n) is 14.9. The highest BCUT2D eigenvalue weighted by Crippen LogP contribution is 2.40. The molecule has 3 nitrogen and oxygen atoms in total. The van der Waals surface area contributed by atoms with Gasteiger partial charge in [-0.1, -0.05) is 59.1 Å². The van der Waals surface area contributed by atoms with Crippen molar-refractivity contribution < 1.29 is 9.50 Å². The van der Waals surface area contributed by atoms with Crippen molar-refractivity contribution in [3.63, 3.8) is 0 Å². The van der Waals surface area contributed by atoms with Crippen molar-refractivity contribution in [3.05, 3.63) is 98.6 Å². The Balaban J connectivity index is 1.89. The second-order valence-corrected chi connectivity index (χ2v) is 7.86. The number of aromatic hydroxyl groups is 1. The van der Waals surface area contributed by atoms with Crippen molar-refractivity contribution in [2.24, 2.45) is 0 Å². The molecule has 0 bridgehead atoms. The number of rotatable bonds is 4. The molecule has 4 aromatic rings. The molecule has 0 saturated heterocycles. The van der Waals surface area contributed by atoms with Crippen LogP contribution in [0.1, 0.15) is 22.7 Å². The van der Waals surface area contributed by atoms with Crippen LogP contribution >= 0.6 is 34.8 Å². The molecule has 1 N–H and O–H groups in total. The predicted octanol–water partition coefficient (Wildman–Crippen LogP) is 6.81. The van der Waals surface area contributed by atoms with Gasteiger partial charge in [0, 0.05) is 45.7 Å². The number of hydrogen-bond donors (Lipinski definition) is 1. The van der Waals surface area contributed by atoms with Crippen LogP contribution in [0.5, 0.6) is 5.75 Å².